The normalized spacial score (nSPS) is 10.1. The molecule has 0 aliphatic carbocycles. The molecule has 0 saturated carbocycles. The van der Waals surface area contributed by atoms with E-state index in [1.165, 1.54) is 0 Å². The van der Waals surface area contributed by atoms with E-state index in [4.69, 9.17) is 4.74 Å². The highest BCUT2D eigenvalue weighted by molar-refractivity contribution is 6.02. The van der Waals surface area contributed by atoms with Gasteiger partial charge in [-0.05, 0) is 55.5 Å². The summed E-state index contributed by atoms with van der Waals surface area (Å²) >= 11 is 0. The van der Waals surface area contributed by atoms with Crippen LogP contribution in [0, 0.1) is 6.92 Å². The number of hydrogen-bond donors (Lipinski definition) is 1. The molecule has 0 spiro atoms. The second kappa shape index (κ2) is 6.70. The second-order valence-electron chi connectivity index (χ2n) is 4.95. The van der Waals surface area contributed by atoms with Crippen LogP contribution in [0.25, 0.3) is 0 Å². The maximum atomic E-state index is 12.1. The van der Waals surface area contributed by atoms with Crippen molar-refractivity contribution < 1.29 is 9.53 Å². The van der Waals surface area contributed by atoms with Gasteiger partial charge in [0.1, 0.15) is 11.5 Å². The molecule has 5 nitrogen and oxygen atoms in total. The SMILES string of the molecule is Cc1ccc(C(=O)Nc2ccc(Oc3ccccc3)cc2)nn1. The number of anilines is 1. The summed E-state index contributed by atoms with van der Waals surface area (Å²) in [6.07, 6.45) is 0. The third-order valence-electron chi connectivity index (χ3n) is 3.12. The predicted molar refractivity (Wildman–Crippen MR) is 87.7 cm³/mol. The monoisotopic (exact) mass is 305 g/mol. The van der Waals surface area contributed by atoms with Gasteiger partial charge in [0, 0.05) is 5.69 Å². The second-order valence-corrected chi connectivity index (χ2v) is 4.95. The number of ether oxygens (including phenoxy) is 1. The summed E-state index contributed by atoms with van der Waals surface area (Å²) < 4.78 is 5.70. The van der Waals surface area contributed by atoms with Crippen molar-refractivity contribution in [2.45, 2.75) is 6.92 Å². The van der Waals surface area contributed by atoms with Gasteiger partial charge >= 0.3 is 0 Å². The smallest absolute Gasteiger partial charge is 0.276 e. The third kappa shape index (κ3) is 3.91. The van der Waals surface area contributed by atoms with Gasteiger partial charge in [-0.25, -0.2) is 0 Å². The van der Waals surface area contributed by atoms with Gasteiger partial charge in [0.05, 0.1) is 5.69 Å². The number of hydrogen-bond acceptors (Lipinski definition) is 4. The van der Waals surface area contributed by atoms with Crippen LogP contribution in [-0.2, 0) is 0 Å². The highest BCUT2D eigenvalue weighted by atomic mass is 16.5. The standard InChI is InChI=1S/C18H15N3O2/c1-13-7-12-17(21-20-13)18(22)19-14-8-10-16(11-9-14)23-15-5-3-2-4-6-15/h2-12H,1H3,(H,19,22). The minimum absolute atomic E-state index is 0.278. The molecule has 1 amide bonds. The molecule has 3 aromatic rings. The molecule has 0 atom stereocenters. The maximum absolute atomic E-state index is 12.1. The molecule has 0 radical (unpaired) electrons. The summed E-state index contributed by atoms with van der Waals surface area (Å²) in [5, 5.41) is 10.5. The number of carbonyl (C=O) groups is 1. The van der Waals surface area contributed by atoms with Crippen LogP contribution in [0.4, 0.5) is 5.69 Å². The Morgan fingerprint density at radius 1 is 0.870 bits per heavy atom. The van der Waals surface area contributed by atoms with Gasteiger partial charge in [0.15, 0.2) is 5.69 Å². The van der Waals surface area contributed by atoms with Crippen LogP contribution in [0.3, 0.4) is 0 Å². The molecule has 2 aromatic carbocycles. The molecule has 0 bridgehead atoms. The Morgan fingerprint density at radius 3 is 2.22 bits per heavy atom. The number of aromatic nitrogens is 2. The number of aryl methyl sites for hydroxylation is 1. The zero-order valence-electron chi connectivity index (χ0n) is 12.6. The number of benzene rings is 2. The van der Waals surface area contributed by atoms with Crippen LogP contribution < -0.4 is 10.1 Å². The van der Waals surface area contributed by atoms with Crippen LogP contribution in [0.15, 0.2) is 66.7 Å². The van der Waals surface area contributed by atoms with E-state index in [0.29, 0.717) is 11.4 Å². The molecule has 1 N–H and O–H groups in total. The Labute approximate surface area is 134 Å². The largest absolute Gasteiger partial charge is 0.457 e. The van der Waals surface area contributed by atoms with E-state index < -0.39 is 0 Å². The summed E-state index contributed by atoms with van der Waals surface area (Å²) in [5.41, 5.74) is 1.71. The summed E-state index contributed by atoms with van der Waals surface area (Å²) in [6, 6.07) is 20.0. The third-order valence-corrected chi connectivity index (χ3v) is 3.12. The Bertz CT molecular complexity index is 785. The van der Waals surface area contributed by atoms with Crippen molar-refractivity contribution in [3.63, 3.8) is 0 Å². The van der Waals surface area contributed by atoms with Crippen molar-refractivity contribution in [2.24, 2.45) is 0 Å². The minimum Gasteiger partial charge on any atom is -0.457 e. The quantitative estimate of drug-likeness (QED) is 0.795. The minimum atomic E-state index is -0.297. The van der Waals surface area contributed by atoms with Crippen LogP contribution in [0.2, 0.25) is 0 Å². The van der Waals surface area contributed by atoms with Gasteiger partial charge in [-0.15, -0.1) is 5.10 Å². The van der Waals surface area contributed by atoms with E-state index >= 15 is 0 Å². The predicted octanol–water partition coefficient (Wildman–Crippen LogP) is 3.83. The zero-order valence-corrected chi connectivity index (χ0v) is 12.6. The average Bonchev–Trinajstić information content (AvgIpc) is 2.58. The first-order valence-electron chi connectivity index (χ1n) is 7.15. The lowest BCUT2D eigenvalue weighted by molar-refractivity contribution is 0.102. The van der Waals surface area contributed by atoms with Crippen LogP contribution >= 0.6 is 0 Å². The van der Waals surface area contributed by atoms with E-state index in [9.17, 15) is 4.79 Å². The Morgan fingerprint density at radius 2 is 1.57 bits per heavy atom. The fourth-order valence-corrected chi connectivity index (χ4v) is 1.95. The molecule has 1 aromatic heterocycles. The molecule has 1 heterocycles. The Hall–Kier alpha value is -3.21. The fraction of sp³-hybridized carbons (Fsp3) is 0.0556. The van der Waals surface area contributed by atoms with E-state index in [-0.39, 0.29) is 11.6 Å². The van der Waals surface area contributed by atoms with Gasteiger partial charge in [0.25, 0.3) is 5.91 Å². The molecule has 0 fully saturated rings. The average molecular weight is 305 g/mol. The van der Waals surface area contributed by atoms with Crippen molar-refractivity contribution >= 4 is 11.6 Å². The zero-order chi connectivity index (χ0) is 16.1. The first-order chi connectivity index (χ1) is 11.2. The molecule has 0 aliphatic rings. The molecule has 114 valence electrons. The van der Waals surface area contributed by atoms with Crippen molar-refractivity contribution in [2.75, 3.05) is 5.32 Å². The number of rotatable bonds is 4. The molecular weight excluding hydrogens is 290 g/mol. The van der Waals surface area contributed by atoms with Gasteiger partial charge in [-0.2, -0.15) is 5.10 Å². The van der Waals surface area contributed by atoms with Gasteiger partial charge in [-0.3, -0.25) is 4.79 Å². The molecule has 0 saturated heterocycles. The van der Waals surface area contributed by atoms with Crippen molar-refractivity contribution in [1.29, 1.82) is 0 Å². The number of amides is 1. The fourth-order valence-electron chi connectivity index (χ4n) is 1.95. The van der Waals surface area contributed by atoms with Crippen molar-refractivity contribution in [1.82, 2.24) is 10.2 Å². The highest BCUT2D eigenvalue weighted by Crippen LogP contribution is 2.22. The molecular formula is C18H15N3O2. The maximum Gasteiger partial charge on any atom is 0.276 e. The van der Waals surface area contributed by atoms with E-state index in [1.54, 1.807) is 36.4 Å². The van der Waals surface area contributed by atoms with Gasteiger partial charge in [0.2, 0.25) is 0 Å². The molecule has 0 aliphatic heterocycles. The number of carbonyl (C=O) groups excluding carboxylic acids is 1. The molecule has 3 rings (SSSR count). The first kappa shape index (κ1) is 14.7. The van der Waals surface area contributed by atoms with Crippen LogP contribution in [0.1, 0.15) is 16.2 Å². The van der Waals surface area contributed by atoms with E-state index in [0.717, 1.165) is 11.4 Å². The lowest BCUT2D eigenvalue weighted by Gasteiger charge is -2.07. The Kier molecular flexibility index (Phi) is 4.29. The van der Waals surface area contributed by atoms with Gasteiger partial charge < -0.3 is 10.1 Å². The molecule has 0 unspecified atom stereocenters. The number of nitrogens with zero attached hydrogens (tertiary/aromatic N) is 2. The molecule has 5 heteroatoms. The summed E-state index contributed by atoms with van der Waals surface area (Å²) in [5.74, 6) is 1.16. The van der Waals surface area contributed by atoms with Crippen molar-refractivity contribution in [3.8, 4) is 11.5 Å². The van der Waals surface area contributed by atoms with E-state index in [2.05, 4.69) is 15.5 Å². The summed E-state index contributed by atoms with van der Waals surface area (Å²) in [4.78, 5) is 12.1. The van der Waals surface area contributed by atoms with Gasteiger partial charge in [-0.1, -0.05) is 18.2 Å². The summed E-state index contributed by atoms with van der Waals surface area (Å²) in [7, 11) is 0. The summed E-state index contributed by atoms with van der Waals surface area (Å²) in [6.45, 7) is 1.82. The highest BCUT2D eigenvalue weighted by Gasteiger charge is 2.08. The molecule has 23 heavy (non-hydrogen) atoms. The van der Waals surface area contributed by atoms with E-state index in [1.807, 2.05) is 37.3 Å². The first-order valence-corrected chi connectivity index (χ1v) is 7.15. The number of nitrogens with one attached hydrogen (secondary N) is 1. The van der Waals surface area contributed by atoms with Crippen LogP contribution in [0.5, 0.6) is 11.5 Å². The Balaban J connectivity index is 1.65. The van der Waals surface area contributed by atoms with Crippen molar-refractivity contribution in [3.05, 3.63) is 78.1 Å². The lowest BCUT2D eigenvalue weighted by atomic mass is 10.2. The number of para-hydroxylation sites is 1. The lowest BCUT2D eigenvalue weighted by Crippen LogP contribution is -2.14. The topological polar surface area (TPSA) is 64.1 Å². The van der Waals surface area contributed by atoms with Crippen LogP contribution in [-0.4, -0.2) is 16.1 Å².